The lowest BCUT2D eigenvalue weighted by molar-refractivity contribution is -0.136. The Morgan fingerprint density at radius 2 is 1.95 bits per heavy atom. The van der Waals surface area contributed by atoms with E-state index in [0.717, 1.165) is 0 Å². The van der Waals surface area contributed by atoms with Gasteiger partial charge in [-0.05, 0) is 18.2 Å². The van der Waals surface area contributed by atoms with Gasteiger partial charge in [0.05, 0.1) is 12.2 Å². The summed E-state index contributed by atoms with van der Waals surface area (Å²) in [5, 5.41) is 8.48. The minimum atomic E-state index is -3.75. The van der Waals surface area contributed by atoms with Crippen LogP contribution in [0.25, 0.3) is 0 Å². The molecule has 0 unspecified atom stereocenters. The predicted octanol–water partition coefficient (Wildman–Crippen LogP) is 0.605. The number of hydrogen-bond acceptors (Lipinski definition) is 4. The van der Waals surface area contributed by atoms with Crippen LogP contribution in [0.4, 0.5) is 5.69 Å². The van der Waals surface area contributed by atoms with Crippen LogP contribution in [0.3, 0.4) is 0 Å². The molecule has 0 aromatic heterocycles. The first-order valence-electron chi connectivity index (χ1n) is 5.75. The second-order valence-electron chi connectivity index (χ2n) is 4.35. The Hall–Kier alpha value is -2.09. The van der Waals surface area contributed by atoms with Gasteiger partial charge in [0.15, 0.2) is 0 Å². The minimum absolute atomic E-state index is 0.225. The highest BCUT2D eigenvalue weighted by Gasteiger charge is 2.14. The van der Waals surface area contributed by atoms with E-state index in [0.29, 0.717) is 5.56 Å². The summed E-state index contributed by atoms with van der Waals surface area (Å²) in [6.45, 7) is 0. The summed E-state index contributed by atoms with van der Waals surface area (Å²) < 4.78 is 25.5. The molecule has 110 valence electrons. The smallest absolute Gasteiger partial charge is 0.304 e. The van der Waals surface area contributed by atoms with Gasteiger partial charge in [-0.2, -0.15) is 0 Å². The van der Waals surface area contributed by atoms with Crippen molar-refractivity contribution in [3.05, 3.63) is 29.8 Å². The zero-order chi connectivity index (χ0) is 15.3. The number of carbonyl (C=O) groups is 2. The van der Waals surface area contributed by atoms with Gasteiger partial charge in [0, 0.05) is 25.3 Å². The second-order valence-corrected chi connectivity index (χ2v) is 6.19. The van der Waals surface area contributed by atoms with Gasteiger partial charge in [0.25, 0.3) is 5.91 Å². The van der Waals surface area contributed by atoms with Crippen molar-refractivity contribution in [3.8, 4) is 0 Å². The Kier molecular flexibility index (Phi) is 5.09. The van der Waals surface area contributed by atoms with E-state index in [9.17, 15) is 18.0 Å². The number of anilines is 1. The average molecular weight is 300 g/mol. The van der Waals surface area contributed by atoms with Crippen LogP contribution in [-0.2, 0) is 14.8 Å². The first-order chi connectivity index (χ1) is 9.21. The van der Waals surface area contributed by atoms with Crippen LogP contribution in [0, 0.1) is 0 Å². The number of nitrogens with zero attached hydrogens (tertiary/aromatic N) is 1. The molecule has 1 rings (SSSR count). The lowest BCUT2D eigenvalue weighted by atomic mass is 10.2. The highest BCUT2D eigenvalue weighted by molar-refractivity contribution is 7.92. The molecule has 1 aromatic rings. The van der Waals surface area contributed by atoms with Gasteiger partial charge >= 0.3 is 5.97 Å². The van der Waals surface area contributed by atoms with Gasteiger partial charge < -0.3 is 10.0 Å². The maximum absolute atomic E-state index is 11.7. The van der Waals surface area contributed by atoms with Gasteiger partial charge in [0.2, 0.25) is 10.0 Å². The summed E-state index contributed by atoms with van der Waals surface area (Å²) in [6.07, 6.45) is -0.481. The molecule has 1 amide bonds. The molecule has 2 N–H and O–H groups in total. The molecule has 0 spiro atoms. The number of rotatable bonds is 6. The topological polar surface area (TPSA) is 104 Å². The SMILES string of the molecule is CN(C)C(=O)c1cccc(NS(=O)(=O)CCC(=O)O)c1. The van der Waals surface area contributed by atoms with E-state index < -0.39 is 28.2 Å². The zero-order valence-electron chi connectivity index (χ0n) is 11.2. The Morgan fingerprint density at radius 1 is 1.30 bits per heavy atom. The third-order valence-corrected chi connectivity index (χ3v) is 3.66. The maximum Gasteiger partial charge on any atom is 0.304 e. The molecule has 1 aromatic carbocycles. The molecular weight excluding hydrogens is 284 g/mol. The maximum atomic E-state index is 11.7. The largest absolute Gasteiger partial charge is 0.481 e. The van der Waals surface area contributed by atoms with Crippen LogP contribution < -0.4 is 4.72 Å². The molecule has 0 saturated heterocycles. The Labute approximate surface area is 117 Å². The van der Waals surface area contributed by atoms with Crippen molar-refractivity contribution in [1.29, 1.82) is 0 Å². The van der Waals surface area contributed by atoms with E-state index in [1.165, 1.54) is 17.0 Å². The fraction of sp³-hybridized carbons (Fsp3) is 0.333. The molecule has 0 aliphatic rings. The Balaban J connectivity index is 2.86. The molecular formula is C12H16N2O5S. The van der Waals surface area contributed by atoms with E-state index in [2.05, 4.69) is 4.72 Å². The first-order valence-corrected chi connectivity index (χ1v) is 7.40. The molecule has 0 aliphatic heterocycles. The number of hydrogen-bond donors (Lipinski definition) is 2. The van der Waals surface area contributed by atoms with Crippen LogP contribution in [0.2, 0.25) is 0 Å². The number of amides is 1. The van der Waals surface area contributed by atoms with Gasteiger partial charge in [-0.25, -0.2) is 8.42 Å². The van der Waals surface area contributed by atoms with Crippen LogP contribution >= 0.6 is 0 Å². The third kappa shape index (κ3) is 4.88. The molecule has 8 heteroatoms. The lowest BCUT2D eigenvalue weighted by Crippen LogP contribution is -2.22. The summed E-state index contributed by atoms with van der Waals surface area (Å²) in [6, 6.07) is 6.01. The summed E-state index contributed by atoms with van der Waals surface area (Å²) in [5.41, 5.74) is 0.566. The second kappa shape index (κ2) is 6.38. The molecule has 0 saturated carbocycles. The van der Waals surface area contributed by atoms with Crippen LogP contribution in [0.5, 0.6) is 0 Å². The third-order valence-electron chi connectivity index (χ3n) is 2.37. The predicted molar refractivity (Wildman–Crippen MR) is 74.1 cm³/mol. The molecule has 0 radical (unpaired) electrons. The van der Waals surface area contributed by atoms with Crippen molar-refractivity contribution in [2.45, 2.75) is 6.42 Å². The fourth-order valence-electron chi connectivity index (χ4n) is 1.43. The minimum Gasteiger partial charge on any atom is -0.481 e. The van der Waals surface area contributed by atoms with E-state index >= 15 is 0 Å². The van der Waals surface area contributed by atoms with Gasteiger partial charge in [-0.1, -0.05) is 6.07 Å². The zero-order valence-corrected chi connectivity index (χ0v) is 12.0. The van der Waals surface area contributed by atoms with Crippen LogP contribution in [-0.4, -0.2) is 50.1 Å². The van der Waals surface area contributed by atoms with Crippen LogP contribution in [0.15, 0.2) is 24.3 Å². The van der Waals surface area contributed by atoms with E-state index in [4.69, 9.17) is 5.11 Å². The van der Waals surface area contributed by atoms with Crippen molar-refractivity contribution >= 4 is 27.6 Å². The summed E-state index contributed by atoms with van der Waals surface area (Å²) in [7, 11) is -0.569. The highest BCUT2D eigenvalue weighted by Crippen LogP contribution is 2.14. The molecule has 0 heterocycles. The molecule has 0 aliphatic carbocycles. The van der Waals surface area contributed by atoms with Crippen molar-refractivity contribution in [1.82, 2.24) is 4.90 Å². The normalized spacial score (nSPS) is 10.9. The molecule has 7 nitrogen and oxygen atoms in total. The number of carboxylic acid groups (broad SMARTS) is 1. The van der Waals surface area contributed by atoms with E-state index in [1.807, 2.05) is 0 Å². The summed E-state index contributed by atoms with van der Waals surface area (Å²) in [5.74, 6) is -1.96. The monoisotopic (exact) mass is 300 g/mol. The first kappa shape index (κ1) is 16.0. The number of sulfonamides is 1. The fourth-order valence-corrected chi connectivity index (χ4v) is 2.46. The Bertz CT molecular complexity index is 610. The van der Waals surface area contributed by atoms with Gasteiger partial charge in [-0.15, -0.1) is 0 Å². The van der Waals surface area contributed by atoms with E-state index in [-0.39, 0.29) is 11.6 Å². The molecule has 0 fully saturated rings. The summed E-state index contributed by atoms with van der Waals surface area (Å²) in [4.78, 5) is 23.5. The van der Waals surface area contributed by atoms with Crippen molar-refractivity contribution < 1.29 is 23.1 Å². The average Bonchev–Trinajstić information content (AvgIpc) is 2.35. The van der Waals surface area contributed by atoms with Crippen molar-refractivity contribution in [2.24, 2.45) is 0 Å². The van der Waals surface area contributed by atoms with Crippen LogP contribution in [0.1, 0.15) is 16.8 Å². The van der Waals surface area contributed by atoms with E-state index in [1.54, 1.807) is 26.2 Å². The van der Waals surface area contributed by atoms with Gasteiger partial charge in [0.1, 0.15) is 0 Å². The number of carbonyl (C=O) groups excluding carboxylic acids is 1. The standard InChI is InChI=1S/C12H16N2O5S/c1-14(2)12(17)9-4-3-5-10(8-9)13-20(18,19)7-6-11(15)16/h3-5,8,13H,6-7H2,1-2H3,(H,15,16). The highest BCUT2D eigenvalue weighted by atomic mass is 32.2. The van der Waals surface area contributed by atoms with Crippen molar-refractivity contribution in [3.63, 3.8) is 0 Å². The summed E-state index contributed by atoms with van der Waals surface area (Å²) >= 11 is 0. The number of benzene rings is 1. The lowest BCUT2D eigenvalue weighted by Gasteiger charge is -2.12. The Morgan fingerprint density at radius 3 is 2.50 bits per heavy atom. The molecule has 0 atom stereocenters. The van der Waals surface area contributed by atoms with Crippen molar-refractivity contribution in [2.75, 3.05) is 24.6 Å². The number of nitrogens with one attached hydrogen (secondary N) is 1. The number of aliphatic carboxylic acids is 1. The quantitative estimate of drug-likeness (QED) is 0.801. The van der Waals surface area contributed by atoms with Gasteiger partial charge in [-0.3, -0.25) is 14.3 Å². The number of carboxylic acids is 1. The molecule has 0 bridgehead atoms. The molecule has 20 heavy (non-hydrogen) atoms.